The molecule has 3 aromatic rings. The van der Waals surface area contributed by atoms with Crippen LogP contribution in [0.5, 0.6) is 11.5 Å². The third kappa shape index (κ3) is 4.20. The first kappa shape index (κ1) is 23.0. The standard InChI is InChI=1S/C21H16Cl2N2O7/c1-31-13-7-2-4-9(17(13)32-8-10-11(22)5-3-6-12(10)23)14-15(20(27)28)18(24)25-19(26)16(14)21(29)30/h2-7H,8H2,1H3,(H,27,28)(H,29,30)(H3,24,25,26). The van der Waals surface area contributed by atoms with Crippen LogP contribution in [-0.4, -0.2) is 34.2 Å². The van der Waals surface area contributed by atoms with Crippen LogP contribution in [-0.2, 0) is 6.61 Å². The number of nitrogen functional groups attached to an aromatic ring is 1. The summed E-state index contributed by atoms with van der Waals surface area (Å²) in [5, 5.41) is 20.0. The van der Waals surface area contributed by atoms with Gasteiger partial charge in [0.05, 0.1) is 7.11 Å². The van der Waals surface area contributed by atoms with E-state index in [-0.39, 0.29) is 23.7 Å². The minimum absolute atomic E-state index is 0.0269. The molecule has 0 amide bonds. The van der Waals surface area contributed by atoms with E-state index in [1.54, 1.807) is 18.2 Å². The summed E-state index contributed by atoms with van der Waals surface area (Å²) in [5.41, 5.74) is 3.22. The molecule has 32 heavy (non-hydrogen) atoms. The Balaban J connectivity index is 2.30. The molecule has 0 aliphatic carbocycles. The van der Waals surface area contributed by atoms with Crippen molar-refractivity contribution in [3.8, 4) is 22.6 Å². The molecule has 0 atom stereocenters. The number of rotatable bonds is 7. The van der Waals surface area contributed by atoms with Gasteiger partial charge in [-0.2, -0.15) is 0 Å². The molecule has 0 saturated heterocycles. The van der Waals surface area contributed by atoms with Crippen molar-refractivity contribution in [1.29, 1.82) is 0 Å². The van der Waals surface area contributed by atoms with Crippen LogP contribution in [0.15, 0.2) is 41.2 Å². The zero-order valence-corrected chi connectivity index (χ0v) is 18.0. The zero-order chi connectivity index (χ0) is 23.6. The number of aromatic amines is 1. The van der Waals surface area contributed by atoms with Crippen LogP contribution < -0.4 is 20.8 Å². The lowest BCUT2D eigenvalue weighted by Crippen LogP contribution is -2.24. The van der Waals surface area contributed by atoms with Crippen LogP contribution in [0.2, 0.25) is 10.0 Å². The summed E-state index contributed by atoms with van der Waals surface area (Å²) in [6, 6.07) is 9.26. The number of carbonyl (C=O) groups is 2. The van der Waals surface area contributed by atoms with Gasteiger partial charge in [0.2, 0.25) is 0 Å². The highest BCUT2D eigenvalue weighted by Crippen LogP contribution is 2.42. The van der Waals surface area contributed by atoms with Crippen molar-refractivity contribution >= 4 is 41.0 Å². The van der Waals surface area contributed by atoms with Crippen LogP contribution in [0.3, 0.4) is 0 Å². The summed E-state index contributed by atoms with van der Waals surface area (Å²) in [6.07, 6.45) is 0. The lowest BCUT2D eigenvalue weighted by molar-refractivity contribution is 0.0695. The van der Waals surface area contributed by atoms with Crippen LogP contribution >= 0.6 is 23.2 Å². The molecule has 0 saturated carbocycles. The normalized spacial score (nSPS) is 10.6. The van der Waals surface area contributed by atoms with Crippen molar-refractivity contribution < 1.29 is 29.3 Å². The topological polar surface area (TPSA) is 152 Å². The van der Waals surface area contributed by atoms with Gasteiger partial charge in [-0.1, -0.05) is 41.4 Å². The second-order valence-corrected chi connectivity index (χ2v) is 7.24. The lowest BCUT2D eigenvalue weighted by Gasteiger charge is -2.19. The monoisotopic (exact) mass is 478 g/mol. The Morgan fingerprint density at radius 3 is 2.19 bits per heavy atom. The average molecular weight is 479 g/mol. The number of benzene rings is 2. The van der Waals surface area contributed by atoms with E-state index in [9.17, 15) is 24.6 Å². The Hall–Kier alpha value is -3.69. The minimum atomic E-state index is -1.65. The lowest BCUT2D eigenvalue weighted by atomic mass is 9.94. The number of anilines is 1. The number of halogens is 2. The fourth-order valence-corrected chi connectivity index (χ4v) is 3.66. The predicted molar refractivity (Wildman–Crippen MR) is 118 cm³/mol. The summed E-state index contributed by atoms with van der Waals surface area (Å²) in [4.78, 5) is 38.2. The van der Waals surface area contributed by atoms with Crippen molar-refractivity contribution in [3.05, 3.63) is 73.5 Å². The molecule has 1 aromatic heterocycles. The van der Waals surface area contributed by atoms with Crippen molar-refractivity contribution in [1.82, 2.24) is 4.98 Å². The Kier molecular flexibility index (Phi) is 6.61. The second-order valence-electron chi connectivity index (χ2n) is 6.43. The van der Waals surface area contributed by atoms with E-state index >= 15 is 0 Å². The van der Waals surface area contributed by atoms with Gasteiger partial charge in [0.25, 0.3) is 5.56 Å². The van der Waals surface area contributed by atoms with Gasteiger partial charge >= 0.3 is 11.9 Å². The van der Waals surface area contributed by atoms with E-state index in [1.165, 1.54) is 25.3 Å². The van der Waals surface area contributed by atoms with E-state index in [4.69, 9.17) is 38.4 Å². The molecule has 11 heteroatoms. The molecule has 3 rings (SSSR count). The molecule has 2 aromatic carbocycles. The van der Waals surface area contributed by atoms with Crippen molar-refractivity contribution in [2.75, 3.05) is 12.8 Å². The molecular formula is C21H16Cl2N2O7. The van der Waals surface area contributed by atoms with Gasteiger partial charge in [-0.25, -0.2) is 9.59 Å². The summed E-state index contributed by atoms with van der Waals surface area (Å²) >= 11 is 12.4. The number of pyridine rings is 1. The predicted octanol–water partition coefficient (Wildman–Crippen LogP) is 3.91. The largest absolute Gasteiger partial charge is 0.493 e. The summed E-state index contributed by atoms with van der Waals surface area (Å²) in [6.45, 7) is -0.157. The van der Waals surface area contributed by atoms with Gasteiger partial charge in [-0.15, -0.1) is 0 Å². The molecular weight excluding hydrogens is 463 g/mol. The van der Waals surface area contributed by atoms with Gasteiger partial charge in [-0.05, 0) is 18.2 Å². The number of carboxylic acid groups (broad SMARTS) is 2. The first-order valence-electron chi connectivity index (χ1n) is 8.92. The Labute approximate surface area is 190 Å². The highest BCUT2D eigenvalue weighted by atomic mass is 35.5. The Bertz CT molecular complexity index is 1270. The highest BCUT2D eigenvalue weighted by molar-refractivity contribution is 6.35. The number of hydrogen-bond acceptors (Lipinski definition) is 6. The maximum absolute atomic E-state index is 12.4. The summed E-state index contributed by atoms with van der Waals surface area (Å²) in [5.74, 6) is -3.57. The van der Waals surface area contributed by atoms with E-state index in [0.29, 0.717) is 15.6 Å². The number of aromatic nitrogens is 1. The molecule has 5 N–H and O–H groups in total. The minimum Gasteiger partial charge on any atom is -0.493 e. The molecule has 1 heterocycles. The van der Waals surface area contributed by atoms with Gasteiger partial charge in [0.15, 0.2) is 11.5 Å². The molecule has 0 unspecified atom stereocenters. The quantitative estimate of drug-likeness (QED) is 0.398. The number of hydrogen-bond donors (Lipinski definition) is 4. The summed E-state index contributed by atoms with van der Waals surface area (Å²) < 4.78 is 11.2. The number of H-pyrrole nitrogens is 1. The van der Waals surface area contributed by atoms with Crippen LogP contribution in [0, 0.1) is 0 Å². The molecule has 0 spiro atoms. The molecule has 0 aliphatic rings. The fraction of sp³-hybridized carbons (Fsp3) is 0.0952. The molecule has 9 nitrogen and oxygen atoms in total. The van der Waals surface area contributed by atoms with Crippen LogP contribution in [0.1, 0.15) is 26.3 Å². The van der Waals surface area contributed by atoms with Crippen molar-refractivity contribution in [2.45, 2.75) is 6.61 Å². The van der Waals surface area contributed by atoms with Crippen molar-refractivity contribution in [3.63, 3.8) is 0 Å². The van der Waals surface area contributed by atoms with Crippen LogP contribution in [0.25, 0.3) is 11.1 Å². The van der Waals surface area contributed by atoms with E-state index in [0.717, 1.165) is 0 Å². The molecule has 0 bridgehead atoms. The Morgan fingerprint density at radius 2 is 1.62 bits per heavy atom. The second kappa shape index (κ2) is 9.21. The Morgan fingerprint density at radius 1 is 1.03 bits per heavy atom. The maximum Gasteiger partial charge on any atom is 0.342 e. The molecule has 0 aliphatic heterocycles. The van der Waals surface area contributed by atoms with Crippen LogP contribution in [0.4, 0.5) is 5.82 Å². The van der Waals surface area contributed by atoms with E-state index < -0.39 is 40.0 Å². The molecule has 0 radical (unpaired) electrons. The number of methoxy groups -OCH3 is 1. The first-order valence-corrected chi connectivity index (χ1v) is 9.68. The van der Waals surface area contributed by atoms with Crippen molar-refractivity contribution in [2.24, 2.45) is 0 Å². The SMILES string of the molecule is COc1cccc(-c2c(C(=O)O)c(N)[nH]c(=O)c2C(=O)O)c1OCc1c(Cl)cccc1Cl. The number of nitrogens with one attached hydrogen (secondary N) is 1. The van der Waals surface area contributed by atoms with Gasteiger partial charge < -0.3 is 30.4 Å². The molecule has 166 valence electrons. The van der Waals surface area contributed by atoms with Gasteiger partial charge in [0, 0.05) is 26.7 Å². The fourth-order valence-electron chi connectivity index (χ4n) is 3.15. The smallest absolute Gasteiger partial charge is 0.342 e. The highest BCUT2D eigenvalue weighted by Gasteiger charge is 2.29. The number of para-hydroxylation sites is 1. The molecule has 0 fully saturated rings. The number of aromatic carboxylic acids is 2. The summed E-state index contributed by atoms with van der Waals surface area (Å²) in [7, 11) is 1.34. The van der Waals surface area contributed by atoms with E-state index in [1.807, 2.05) is 0 Å². The number of carboxylic acids is 2. The van der Waals surface area contributed by atoms with E-state index in [2.05, 4.69) is 4.98 Å². The third-order valence-corrected chi connectivity index (χ3v) is 5.27. The van der Waals surface area contributed by atoms with Gasteiger partial charge in [0.1, 0.15) is 23.6 Å². The third-order valence-electron chi connectivity index (χ3n) is 4.56. The average Bonchev–Trinajstić information content (AvgIpc) is 2.72. The number of ether oxygens (including phenoxy) is 2. The van der Waals surface area contributed by atoms with Gasteiger partial charge in [-0.3, -0.25) is 4.79 Å². The first-order chi connectivity index (χ1) is 15.2. The number of nitrogens with two attached hydrogens (primary N) is 1. The maximum atomic E-state index is 12.4. The zero-order valence-electron chi connectivity index (χ0n) is 16.4.